The Morgan fingerprint density at radius 3 is 2.47 bits per heavy atom. The van der Waals surface area contributed by atoms with Crippen LogP contribution < -0.4 is 5.32 Å². The molecule has 82 valence electrons. The van der Waals surface area contributed by atoms with E-state index < -0.39 is 0 Å². The average Bonchev–Trinajstić information content (AvgIpc) is 2.66. The van der Waals surface area contributed by atoms with E-state index in [1.54, 1.807) is 0 Å². The first-order valence-electron chi connectivity index (χ1n) is 5.44. The molecule has 0 aliphatic heterocycles. The summed E-state index contributed by atoms with van der Waals surface area (Å²) in [4.78, 5) is 8.63. The first-order valence-corrected chi connectivity index (χ1v) is 5.82. The third-order valence-corrected chi connectivity index (χ3v) is 3.39. The molecule has 15 heavy (non-hydrogen) atoms. The number of nitrogens with zero attached hydrogens (tertiary/aromatic N) is 2. The summed E-state index contributed by atoms with van der Waals surface area (Å²) in [5.41, 5.74) is 1.92. The molecule has 0 bridgehead atoms. The summed E-state index contributed by atoms with van der Waals surface area (Å²) in [5, 5.41) is 3.90. The lowest BCUT2D eigenvalue weighted by Crippen LogP contribution is -2.17. The number of hydrogen-bond acceptors (Lipinski definition) is 3. The molecule has 0 spiro atoms. The van der Waals surface area contributed by atoms with E-state index in [-0.39, 0.29) is 0 Å². The van der Waals surface area contributed by atoms with Crippen molar-refractivity contribution in [3.63, 3.8) is 0 Å². The second-order valence-corrected chi connectivity index (χ2v) is 4.53. The van der Waals surface area contributed by atoms with E-state index in [1.165, 1.54) is 25.7 Å². The molecule has 1 heterocycles. The largest absolute Gasteiger partial charge is 0.351 e. The molecular weight excluding hydrogens is 210 g/mol. The third-order valence-electron chi connectivity index (χ3n) is 3.02. The summed E-state index contributed by atoms with van der Waals surface area (Å²) in [7, 11) is 0. The van der Waals surface area contributed by atoms with Gasteiger partial charge in [-0.15, -0.1) is 0 Å². The molecule has 1 aliphatic carbocycles. The number of rotatable bonds is 2. The molecule has 2 rings (SSSR count). The molecular formula is C11H16ClN3. The van der Waals surface area contributed by atoms with Crippen LogP contribution >= 0.6 is 11.6 Å². The highest BCUT2D eigenvalue weighted by atomic mass is 35.5. The Hall–Kier alpha value is -0.830. The van der Waals surface area contributed by atoms with E-state index in [4.69, 9.17) is 11.6 Å². The highest BCUT2D eigenvalue weighted by Gasteiger charge is 2.16. The zero-order valence-electron chi connectivity index (χ0n) is 9.18. The molecule has 1 saturated carbocycles. The fraction of sp³-hybridized carbons (Fsp3) is 0.636. The minimum atomic E-state index is 0.531. The van der Waals surface area contributed by atoms with Crippen LogP contribution in [-0.4, -0.2) is 16.0 Å². The van der Waals surface area contributed by atoms with E-state index in [2.05, 4.69) is 15.3 Å². The molecule has 0 radical (unpaired) electrons. The fourth-order valence-corrected chi connectivity index (χ4v) is 2.13. The van der Waals surface area contributed by atoms with Crippen LogP contribution in [0.1, 0.15) is 36.9 Å². The Morgan fingerprint density at radius 2 is 1.87 bits per heavy atom. The summed E-state index contributed by atoms with van der Waals surface area (Å²) in [6.07, 6.45) is 5.04. The standard InChI is InChI=1S/C11H16ClN3/c1-7-8(2)13-11(15-10(7)12)14-9-5-3-4-6-9/h9H,3-6H2,1-2H3,(H,13,14,15). The predicted molar refractivity (Wildman–Crippen MR) is 62.4 cm³/mol. The molecule has 1 N–H and O–H groups in total. The van der Waals surface area contributed by atoms with E-state index >= 15 is 0 Å². The number of aromatic nitrogens is 2. The SMILES string of the molecule is Cc1nc(NC2CCCC2)nc(Cl)c1C. The van der Waals surface area contributed by atoms with Crippen LogP contribution in [0.5, 0.6) is 0 Å². The van der Waals surface area contributed by atoms with Crippen molar-refractivity contribution >= 4 is 17.5 Å². The molecule has 1 aromatic rings. The summed E-state index contributed by atoms with van der Waals surface area (Å²) >= 11 is 6.01. The van der Waals surface area contributed by atoms with Crippen LogP contribution in [0.3, 0.4) is 0 Å². The Balaban J connectivity index is 2.14. The van der Waals surface area contributed by atoms with Gasteiger partial charge in [-0.25, -0.2) is 9.97 Å². The molecule has 0 saturated heterocycles. The van der Waals surface area contributed by atoms with Gasteiger partial charge in [0.15, 0.2) is 0 Å². The maximum atomic E-state index is 6.01. The van der Waals surface area contributed by atoms with Crippen molar-refractivity contribution in [3.05, 3.63) is 16.4 Å². The molecule has 0 aromatic carbocycles. The van der Waals surface area contributed by atoms with Crippen LogP contribution in [0.4, 0.5) is 5.95 Å². The molecule has 1 fully saturated rings. The van der Waals surface area contributed by atoms with E-state index in [0.717, 1.165) is 11.3 Å². The minimum absolute atomic E-state index is 0.531. The summed E-state index contributed by atoms with van der Waals surface area (Å²) < 4.78 is 0. The van der Waals surface area contributed by atoms with Gasteiger partial charge in [0.1, 0.15) is 5.15 Å². The zero-order valence-corrected chi connectivity index (χ0v) is 9.93. The van der Waals surface area contributed by atoms with Gasteiger partial charge < -0.3 is 5.32 Å². The topological polar surface area (TPSA) is 37.8 Å². The van der Waals surface area contributed by atoms with Crippen molar-refractivity contribution in [2.45, 2.75) is 45.6 Å². The van der Waals surface area contributed by atoms with Gasteiger partial charge in [0.2, 0.25) is 5.95 Å². The van der Waals surface area contributed by atoms with Crippen molar-refractivity contribution in [1.29, 1.82) is 0 Å². The lowest BCUT2D eigenvalue weighted by Gasteiger charge is -2.13. The highest BCUT2D eigenvalue weighted by molar-refractivity contribution is 6.30. The Bertz CT molecular complexity index is 336. The summed E-state index contributed by atoms with van der Waals surface area (Å²) in [6, 6.07) is 0.531. The minimum Gasteiger partial charge on any atom is -0.351 e. The molecule has 1 aliphatic rings. The Labute approximate surface area is 95.3 Å². The van der Waals surface area contributed by atoms with Crippen molar-refractivity contribution < 1.29 is 0 Å². The van der Waals surface area contributed by atoms with Gasteiger partial charge in [0.25, 0.3) is 0 Å². The first kappa shape index (κ1) is 10.7. The first-order chi connectivity index (χ1) is 7.16. The molecule has 4 heteroatoms. The second-order valence-electron chi connectivity index (χ2n) is 4.17. The smallest absolute Gasteiger partial charge is 0.224 e. The van der Waals surface area contributed by atoms with Gasteiger partial charge in [-0.2, -0.15) is 0 Å². The van der Waals surface area contributed by atoms with Crippen molar-refractivity contribution in [3.8, 4) is 0 Å². The van der Waals surface area contributed by atoms with Crippen LogP contribution in [0, 0.1) is 13.8 Å². The van der Waals surface area contributed by atoms with Gasteiger partial charge in [-0.1, -0.05) is 24.4 Å². The highest BCUT2D eigenvalue weighted by Crippen LogP contribution is 2.22. The summed E-state index contributed by atoms with van der Waals surface area (Å²) in [6.45, 7) is 3.90. The quantitative estimate of drug-likeness (QED) is 0.786. The van der Waals surface area contributed by atoms with Gasteiger partial charge in [-0.05, 0) is 26.7 Å². The fourth-order valence-electron chi connectivity index (χ4n) is 1.91. The van der Waals surface area contributed by atoms with Crippen LogP contribution in [-0.2, 0) is 0 Å². The monoisotopic (exact) mass is 225 g/mol. The number of halogens is 1. The lowest BCUT2D eigenvalue weighted by atomic mass is 10.2. The normalized spacial score (nSPS) is 17.0. The maximum Gasteiger partial charge on any atom is 0.224 e. The Kier molecular flexibility index (Phi) is 3.10. The molecule has 3 nitrogen and oxygen atoms in total. The summed E-state index contributed by atoms with van der Waals surface area (Å²) in [5.74, 6) is 0.676. The number of anilines is 1. The van der Waals surface area contributed by atoms with E-state index in [0.29, 0.717) is 17.1 Å². The predicted octanol–water partition coefficient (Wildman–Crippen LogP) is 3.10. The van der Waals surface area contributed by atoms with Crippen LogP contribution in [0.15, 0.2) is 0 Å². The lowest BCUT2D eigenvalue weighted by molar-refractivity contribution is 0.742. The van der Waals surface area contributed by atoms with Crippen molar-refractivity contribution in [2.24, 2.45) is 0 Å². The second kappa shape index (κ2) is 4.35. The zero-order chi connectivity index (χ0) is 10.8. The van der Waals surface area contributed by atoms with Gasteiger partial charge in [-0.3, -0.25) is 0 Å². The van der Waals surface area contributed by atoms with E-state index in [1.807, 2.05) is 13.8 Å². The molecule has 0 amide bonds. The van der Waals surface area contributed by atoms with Crippen LogP contribution in [0.25, 0.3) is 0 Å². The average molecular weight is 226 g/mol. The van der Waals surface area contributed by atoms with Crippen molar-refractivity contribution in [1.82, 2.24) is 9.97 Å². The third kappa shape index (κ3) is 2.40. The van der Waals surface area contributed by atoms with Gasteiger partial charge >= 0.3 is 0 Å². The Morgan fingerprint density at radius 1 is 1.20 bits per heavy atom. The number of hydrogen-bond donors (Lipinski definition) is 1. The maximum absolute atomic E-state index is 6.01. The number of aryl methyl sites for hydroxylation is 1. The number of nitrogens with one attached hydrogen (secondary N) is 1. The molecule has 0 atom stereocenters. The molecule has 1 aromatic heterocycles. The van der Waals surface area contributed by atoms with Gasteiger partial charge in [0.05, 0.1) is 0 Å². The van der Waals surface area contributed by atoms with Crippen LogP contribution in [0.2, 0.25) is 5.15 Å². The van der Waals surface area contributed by atoms with Gasteiger partial charge in [0, 0.05) is 17.3 Å². The van der Waals surface area contributed by atoms with E-state index in [9.17, 15) is 0 Å². The van der Waals surface area contributed by atoms with Crippen molar-refractivity contribution in [2.75, 3.05) is 5.32 Å². The molecule has 0 unspecified atom stereocenters.